The molecule has 114 valence electrons. The summed E-state index contributed by atoms with van der Waals surface area (Å²) in [4.78, 5) is 0. The molecule has 4 nitrogen and oxygen atoms in total. The van der Waals surface area contributed by atoms with Crippen molar-refractivity contribution >= 4 is 16.5 Å². The molecule has 0 spiro atoms. The second-order valence-corrected chi connectivity index (χ2v) is 6.77. The highest BCUT2D eigenvalue weighted by Gasteiger charge is 2.14. The van der Waals surface area contributed by atoms with Crippen LogP contribution in [0.15, 0.2) is 18.2 Å². The summed E-state index contributed by atoms with van der Waals surface area (Å²) in [5, 5.41) is 13.8. The normalized spacial score (nSPS) is 12.5. The summed E-state index contributed by atoms with van der Waals surface area (Å²) in [5.41, 5.74) is 2.32. The van der Waals surface area contributed by atoms with E-state index >= 15 is 0 Å². The van der Waals surface area contributed by atoms with Crippen molar-refractivity contribution in [1.82, 2.24) is 10.2 Å². The molecule has 2 aromatic rings. The van der Waals surface area contributed by atoms with Gasteiger partial charge in [-0.05, 0) is 31.4 Å². The Kier molecular flexibility index (Phi) is 5.17. The van der Waals surface area contributed by atoms with E-state index in [9.17, 15) is 0 Å². The molecule has 2 rings (SSSR count). The highest BCUT2D eigenvalue weighted by atomic mass is 32.1. The third-order valence-corrected chi connectivity index (χ3v) is 4.12. The van der Waals surface area contributed by atoms with Gasteiger partial charge in [-0.2, -0.15) is 0 Å². The van der Waals surface area contributed by atoms with Crippen LogP contribution >= 0.6 is 11.3 Å². The number of rotatable bonds is 6. The summed E-state index contributed by atoms with van der Waals surface area (Å²) in [5.74, 6) is 1.50. The van der Waals surface area contributed by atoms with Gasteiger partial charge in [0.25, 0.3) is 0 Å². The van der Waals surface area contributed by atoms with Gasteiger partial charge in [-0.15, -0.1) is 10.2 Å². The molecule has 0 amide bonds. The SMILES string of the molecule is COc1cc(C)ccc1C(C)Nc1nnc(CC(C)C)s1. The summed E-state index contributed by atoms with van der Waals surface area (Å²) in [6.45, 7) is 8.55. The number of nitrogens with one attached hydrogen (secondary N) is 1. The smallest absolute Gasteiger partial charge is 0.206 e. The maximum Gasteiger partial charge on any atom is 0.206 e. The molecule has 0 bridgehead atoms. The third kappa shape index (κ3) is 4.17. The largest absolute Gasteiger partial charge is 0.496 e. The molecule has 21 heavy (non-hydrogen) atoms. The van der Waals surface area contributed by atoms with Gasteiger partial charge in [0.05, 0.1) is 13.2 Å². The first-order valence-electron chi connectivity index (χ1n) is 7.23. The van der Waals surface area contributed by atoms with E-state index in [2.05, 4.69) is 61.4 Å². The van der Waals surface area contributed by atoms with Crippen LogP contribution in [-0.4, -0.2) is 17.3 Å². The monoisotopic (exact) mass is 305 g/mol. The average molecular weight is 305 g/mol. The number of nitrogens with zero attached hydrogens (tertiary/aromatic N) is 2. The minimum atomic E-state index is 0.125. The van der Waals surface area contributed by atoms with E-state index in [1.54, 1.807) is 18.4 Å². The molecule has 0 saturated carbocycles. The van der Waals surface area contributed by atoms with Crippen LogP contribution in [-0.2, 0) is 6.42 Å². The Labute approximate surface area is 130 Å². The number of anilines is 1. The fraction of sp³-hybridized carbons (Fsp3) is 0.500. The van der Waals surface area contributed by atoms with Crippen molar-refractivity contribution in [2.45, 2.75) is 40.2 Å². The highest BCUT2D eigenvalue weighted by molar-refractivity contribution is 7.15. The number of methoxy groups -OCH3 is 1. The number of aromatic nitrogens is 2. The maximum absolute atomic E-state index is 5.47. The molecule has 0 aliphatic carbocycles. The van der Waals surface area contributed by atoms with Crippen LogP contribution in [0.25, 0.3) is 0 Å². The molecule has 1 unspecified atom stereocenters. The molecule has 1 aromatic carbocycles. The quantitative estimate of drug-likeness (QED) is 0.867. The second kappa shape index (κ2) is 6.89. The van der Waals surface area contributed by atoms with Crippen LogP contribution in [0.3, 0.4) is 0 Å². The van der Waals surface area contributed by atoms with Crippen LogP contribution in [0.2, 0.25) is 0 Å². The topological polar surface area (TPSA) is 47.0 Å². The van der Waals surface area contributed by atoms with Crippen molar-refractivity contribution < 1.29 is 4.74 Å². The average Bonchev–Trinajstić information content (AvgIpc) is 2.84. The van der Waals surface area contributed by atoms with Gasteiger partial charge in [-0.25, -0.2) is 0 Å². The van der Waals surface area contributed by atoms with Gasteiger partial charge >= 0.3 is 0 Å². The van der Waals surface area contributed by atoms with Gasteiger partial charge in [0.2, 0.25) is 5.13 Å². The van der Waals surface area contributed by atoms with Crippen LogP contribution < -0.4 is 10.1 Å². The summed E-state index contributed by atoms with van der Waals surface area (Å²) >= 11 is 1.63. The Morgan fingerprint density at radius 2 is 2.00 bits per heavy atom. The minimum Gasteiger partial charge on any atom is -0.496 e. The van der Waals surface area contributed by atoms with Gasteiger partial charge in [0.15, 0.2) is 0 Å². The predicted molar refractivity (Wildman–Crippen MR) is 88.2 cm³/mol. The molecule has 1 N–H and O–H groups in total. The van der Waals surface area contributed by atoms with E-state index < -0.39 is 0 Å². The minimum absolute atomic E-state index is 0.125. The molecular formula is C16H23N3OS. The molecule has 0 radical (unpaired) electrons. The van der Waals surface area contributed by atoms with Gasteiger partial charge in [-0.1, -0.05) is 37.3 Å². The van der Waals surface area contributed by atoms with Gasteiger partial charge in [-0.3, -0.25) is 0 Å². The third-order valence-electron chi connectivity index (χ3n) is 3.25. The van der Waals surface area contributed by atoms with Crippen molar-refractivity contribution in [3.8, 4) is 5.75 Å². The highest BCUT2D eigenvalue weighted by Crippen LogP contribution is 2.29. The number of benzene rings is 1. The molecule has 5 heteroatoms. The molecule has 1 atom stereocenters. The molecule has 1 heterocycles. The Balaban J connectivity index is 2.10. The molecule has 0 aliphatic heterocycles. The van der Waals surface area contributed by atoms with Crippen LogP contribution in [0.4, 0.5) is 5.13 Å². The van der Waals surface area contributed by atoms with Crippen molar-refractivity contribution in [1.29, 1.82) is 0 Å². The van der Waals surface area contributed by atoms with Gasteiger partial charge < -0.3 is 10.1 Å². The van der Waals surface area contributed by atoms with E-state index in [0.29, 0.717) is 5.92 Å². The van der Waals surface area contributed by atoms with Crippen LogP contribution in [0.1, 0.15) is 42.9 Å². The van der Waals surface area contributed by atoms with Crippen molar-refractivity contribution in [2.75, 3.05) is 12.4 Å². The fourth-order valence-corrected chi connectivity index (χ4v) is 3.22. The summed E-state index contributed by atoms with van der Waals surface area (Å²) < 4.78 is 5.47. The lowest BCUT2D eigenvalue weighted by atomic mass is 10.1. The Bertz CT molecular complexity index is 595. The number of hydrogen-bond acceptors (Lipinski definition) is 5. The number of ether oxygens (including phenoxy) is 1. The summed E-state index contributed by atoms with van der Waals surface area (Å²) in [6.07, 6.45) is 0.974. The first kappa shape index (κ1) is 15.8. The first-order chi connectivity index (χ1) is 9.99. The molecular weight excluding hydrogens is 282 g/mol. The number of hydrogen-bond donors (Lipinski definition) is 1. The van der Waals surface area contributed by atoms with Crippen molar-refractivity contribution in [3.05, 3.63) is 34.3 Å². The van der Waals surface area contributed by atoms with Crippen molar-refractivity contribution in [3.63, 3.8) is 0 Å². The molecule has 0 saturated heterocycles. The van der Waals surface area contributed by atoms with Crippen LogP contribution in [0.5, 0.6) is 5.75 Å². The van der Waals surface area contributed by atoms with E-state index in [4.69, 9.17) is 4.74 Å². The zero-order chi connectivity index (χ0) is 15.4. The lowest BCUT2D eigenvalue weighted by Gasteiger charge is -2.16. The fourth-order valence-electron chi connectivity index (χ4n) is 2.18. The standard InChI is InChI=1S/C16H23N3OS/c1-10(2)8-15-18-19-16(21-15)17-12(4)13-7-6-11(3)9-14(13)20-5/h6-7,9-10,12H,8H2,1-5H3,(H,17,19). The Morgan fingerprint density at radius 1 is 1.24 bits per heavy atom. The van der Waals surface area contributed by atoms with E-state index in [-0.39, 0.29) is 6.04 Å². The predicted octanol–water partition coefficient (Wildman–Crippen LogP) is 4.23. The van der Waals surface area contributed by atoms with E-state index in [1.165, 1.54) is 5.56 Å². The van der Waals surface area contributed by atoms with E-state index in [0.717, 1.165) is 27.9 Å². The van der Waals surface area contributed by atoms with Crippen molar-refractivity contribution in [2.24, 2.45) is 5.92 Å². The lowest BCUT2D eigenvalue weighted by molar-refractivity contribution is 0.407. The summed E-state index contributed by atoms with van der Waals surface area (Å²) in [7, 11) is 1.71. The Morgan fingerprint density at radius 3 is 2.67 bits per heavy atom. The maximum atomic E-state index is 5.47. The Hall–Kier alpha value is -1.62. The van der Waals surface area contributed by atoms with Crippen LogP contribution in [0, 0.1) is 12.8 Å². The summed E-state index contributed by atoms with van der Waals surface area (Å²) in [6, 6.07) is 6.38. The molecule has 1 aromatic heterocycles. The molecule has 0 aliphatic rings. The molecule has 0 fully saturated rings. The van der Waals surface area contributed by atoms with Gasteiger partial charge in [0, 0.05) is 12.0 Å². The van der Waals surface area contributed by atoms with Gasteiger partial charge in [0.1, 0.15) is 10.8 Å². The zero-order valence-electron chi connectivity index (χ0n) is 13.3. The number of aryl methyl sites for hydroxylation is 1. The first-order valence-corrected chi connectivity index (χ1v) is 8.04. The second-order valence-electron chi connectivity index (χ2n) is 5.71. The van der Waals surface area contributed by atoms with E-state index in [1.807, 2.05) is 0 Å². The zero-order valence-corrected chi connectivity index (χ0v) is 14.1. The lowest BCUT2D eigenvalue weighted by Crippen LogP contribution is -2.08.